The number of hydrogen-bond donors (Lipinski definition) is 2. The van der Waals surface area contributed by atoms with Gasteiger partial charge in [0.15, 0.2) is 0 Å². The molecule has 1 aromatic rings. The van der Waals surface area contributed by atoms with Crippen LogP contribution in [0.15, 0.2) is 24.3 Å². The molecule has 0 aliphatic carbocycles. The fourth-order valence-corrected chi connectivity index (χ4v) is 4.00. The van der Waals surface area contributed by atoms with Crippen molar-refractivity contribution in [3.63, 3.8) is 0 Å². The Morgan fingerprint density at radius 1 is 0.769 bits per heavy atom. The molecule has 0 bridgehead atoms. The van der Waals surface area contributed by atoms with Gasteiger partial charge < -0.3 is 19.7 Å². The molecule has 2 fully saturated rings. The van der Waals surface area contributed by atoms with E-state index in [1.807, 2.05) is 0 Å². The van der Waals surface area contributed by atoms with Crippen LogP contribution in [0.3, 0.4) is 0 Å². The highest BCUT2D eigenvalue weighted by Crippen LogP contribution is 2.32. The van der Waals surface area contributed by atoms with Gasteiger partial charge in [-0.1, -0.05) is 24.3 Å². The monoisotopic (exact) mass is 362 g/mol. The zero-order valence-corrected chi connectivity index (χ0v) is 14.8. The predicted molar refractivity (Wildman–Crippen MR) is 94.4 cm³/mol. The molecule has 3 rings (SSSR count). The van der Waals surface area contributed by atoms with Gasteiger partial charge in [0.1, 0.15) is 11.8 Å². The van der Waals surface area contributed by atoms with Gasteiger partial charge >= 0.3 is 11.9 Å². The van der Waals surface area contributed by atoms with Crippen LogP contribution in [-0.2, 0) is 19.1 Å². The maximum atomic E-state index is 11.8. The van der Waals surface area contributed by atoms with Crippen LogP contribution in [0.1, 0.15) is 61.5 Å². The van der Waals surface area contributed by atoms with Crippen molar-refractivity contribution >= 4 is 11.9 Å². The average molecular weight is 362 g/mol. The van der Waals surface area contributed by atoms with Crippen LogP contribution in [0.4, 0.5) is 0 Å². The summed E-state index contributed by atoms with van der Waals surface area (Å²) in [6.45, 7) is 1.18. The second-order valence-electron chi connectivity index (χ2n) is 7.11. The lowest BCUT2D eigenvalue weighted by atomic mass is 9.85. The van der Waals surface area contributed by atoms with E-state index in [4.69, 9.17) is 9.47 Å². The molecule has 6 heteroatoms. The predicted octanol–water partition coefficient (Wildman–Crippen LogP) is 3.16. The number of aliphatic carboxylic acids is 2. The van der Waals surface area contributed by atoms with Gasteiger partial charge in [-0.2, -0.15) is 0 Å². The summed E-state index contributed by atoms with van der Waals surface area (Å²) in [7, 11) is 0. The molecule has 2 saturated heterocycles. The first kappa shape index (κ1) is 18.9. The summed E-state index contributed by atoms with van der Waals surface area (Å²) in [6, 6.07) is 6.91. The summed E-state index contributed by atoms with van der Waals surface area (Å²) in [5.74, 6) is -3.26. The molecule has 6 nitrogen and oxygen atoms in total. The van der Waals surface area contributed by atoms with Crippen LogP contribution in [0.2, 0.25) is 0 Å². The zero-order chi connectivity index (χ0) is 18.5. The van der Waals surface area contributed by atoms with Crippen molar-refractivity contribution < 1.29 is 29.3 Å². The number of carboxylic acids is 2. The molecule has 2 N–H and O–H groups in total. The van der Waals surface area contributed by atoms with Gasteiger partial charge in [0.05, 0.1) is 12.2 Å². The van der Waals surface area contributed by atoms with Crippen LogP contribution < -0.4 is 0 Å². The number of carbonyl (C=O) groups is 2. The zero-order valence-electron chi connectivity index (χ0n) is 14.8. The van der Waals surface area contributed by atoms with E-state index >= 15 is 0 Å². The summed E-state index contributed by atoms with van der Waals surface area (Å²) in [6.07, 6.45) is 4.65. The third-order valence-corrected chi connectivity index (χ3v) is 5.36. The van der Waals surface area contributed by atoms with Crippen molar-refractivity contribution in [3.8, 4) is 0 Å². The standard InChI is InChI=1S/C20H26O6/c21-19(22)17(15-5-1-3-11-25-15)13-7-9-14(10-8-13)18(20(23)24)16-6-2-4-12-26-16/h7-10,15-18H,1-6,11-12H2,(H,21,22)(H,23,24). The molecule has 142 valence electrons. The molecule has 0 radical (unpaired) electrons. The number of hydrogen-bond acceptors (Lipinski definition) is 4. The van der Waals surface area contributed by atoms with Gasteiger partial charge in [-0.3, -0.25) is 9.59 Å². The quantitative estimate of drug-likeness (QED) is 0.807. The highest BCUT2D eigenvalue weighted by atomic mass is 16.5. The van der Waals surface area contributed by atoms with Crippen LogP contribution in [-0.4, -0.2) is 47.6 Å². The van der Waals surface area contributed by atoms with Gasteiger partial charge in [0.25, 0.3) is 0 Å². The number of benzene rings is 1. The highest BCUT2D eigenvalue weighted by molar-refractivity contribution is 5.78. The Bertz CT molecular complexity index is 559. The second-order valence-corrected chi connectivity index (χ2v) is 7.11. The molecule has 2 aliphatic heterocycles. The molecule has 4 atom stereocenters. The molecule has 2 heterocycles. The first-order chi connectivity index (χ1) is 12.6. The second kappa shape index (κ2) is 8.64. The molecule has 0 spiro atoms. The molecule has 0 aromatic heterocycles. The van der Waals surface area contributed by atoms with E-state index in [-0.39, 0.29) is 12.2 Å². The molecule has 2 aliphatic rings. The topological polar surface area (TPSA) is 93.1 Å². The van der Waals surface area contributed by atoms with Crippen LogP contribution in [0, 0.1) is 0 Å². The summed E-state index contributed by atoms with van der Waals surface area (Å²) in [4.78, 5) is 23.6. The molecular formula is C20H26O6. The van der Waals surface area contributed by atoms with Crippen molar-refractivity contribution in [2.75, 3.05) is 13.2 Å². The van der Waals surface area contributed by atoms with Crippen LogP contribution in [0.25, 0.3) is 0 Å². The average Bonchev–Trinajstić information content (AvgIpc) is 2.65. The molecule has 1 aromatic carbocycles. The fraction of sp³-hybridized carbons (Fsp3) is 0.600. The maximum Gasteiger partial charge on any atom is 0.313 e. The van der Waals surface area contributed by atoms with E-state index in [1.54, 1.807) is 24.3 Å². The Labute approximate surface area is 153 Å². The van der Waals surface area contributed by atoms with E-state index in [2.05, 4.69) is 0 Å². The smallest absolute Gasteiger partial charge is 0.313 e. The van der Waals surface area contributed by atoms with E-state index in [1.165, 1.54) is 0 Å². The SMILES string of the molecule is O=C(O)C(c1ccc(C(C(=O)O)C2CCCCO2)cc1)C1CCCCO1. The third-order valence-electron chi connectivity index (χ3n) is 5.36. The lowest BCUT2D eigenvalue weighted by Gasteiger charge is -2.29. The lowest BCUT2D eigenvalue weighted by molar-refractivity contribution is -0.145. The molecule has 4 unspecified atom stereocenters. The first-order valence-corrected chi connectivity index (χ1v) is 9.36. The Balaban J connectivity index is 1.80. The molecule has 0 amide bonds. The highest BCUT2D eigenvalue weighted by Gasteiger charge is 2.34. The van der Waals surface area contributed by atoms with E-state index in [0.29, 0.717) is 24.3 Å². The van der Waals surface area contributed by atoms with Crippen molar-refractivity contribution in [1.29, 1.82) is 0 Å². The van der Waals surface area contributed by atoms with Crippen LogP contribution >= 0.6 is 0 Å². The van der Waals surface area contributed by atoms with E-state index in [9.17, 15) is 19.8 Å². The summed E-state index contributed by atoms with van der Waals surface area (Å²) >= 11 is 0. The third kappa shape index (κ3) is 4.24. The van der Waals surface area contributed by atoms with Gasteiger partial charge in [0, 0.05) is 13.2 Å². The minimum absolute atomic E-state index is 0.330. The van der Waals surface area contributed by atoms with Crippen molar-refractivity contribution in [3.05, 3.63) is 35.4 Å². The van der Waals surface area contributed by atoms with E-state index in [0.717, 1.165) is 38.5 Å². The first-order valence-electron chi connectivity index (χ1n) is 9.36. The Hall–Kier alpha value is -1.92. The lowest BCUT2D eigenvalue weighted by Crippen LogP contribution is -2.32. The largest absolute Gasteiger partial charge is 0.481 e. The molecular weight excluding hydrogens is 336 g/mol. The van der Waals surface area contributed by atoms with Gasteiger partial charge in [0.2, 0.25) is 0 Å². The fourth-order valence-electron chi connectivity index (χ4n) is 4.00. The van der Waals surface area contributed by atoms with Gasteiger partial charge in [-0.05, 0) is 49.7 Å². The van der Waals surface area contributed by atoms with Crippen molar-refractivity contribution in [2.45, 2.75) is 62.6 Å². The van der Waals surface area contributed by atoms with Crippen LogP contribution in [0.5, 0.6) is 0 Å². The Morgan fingerprint density at radius 2 is 1.15 bits per heavy atom. The normalized spacial score (nSPS) is 26.0. The van der Waals surface area contributed by atoms with Crippen molar-refractivity contribution in [1.82, 2.24) is 0 Å². The Morgan fingerprint density at radius 3 is 1.42 bits per heavy atom. The Kier molecular flexibility index (Phi) is 6.27. The maximum absolute atomic E-state index is 11.8. The van der Waals surface area contributed by atoms with Gasteiger partial charge in [-0.25, -0.2) is 0 Å². The molecule has 0 saturated carbocycles. The number of rotatable bonds is 6. The summed E-state index contributed by atoms with van der Waals surface area (Å²) in [5.41, 5.74) is 1.31. The van der Waals surface area contributed by atoms with Crippen molar-refractivity contribution in [2.24, 2.45) is 0 Å². The number of ether oxygens (including phenoxy) is 2. The van der Waals surface area contributed by atoms with E-state index < -0.39 is 23.8 Å². The minimum atomic E-state index is -0.907. The van der Waals surface area contributed by atoms with Gasteiger partial charge in [-0.15, -0.1) is 0 Å². The minimum Gasteiger partial charge on any atom is -0.481 e. The number of carboxylic acid groups (broad SMARTS) is 2. The summed E-state index contributed by atoms with van der Waals surface area (Å²) in [5, 5.41) is 19.3. The molecule has 26 heavy (non-hydrogen) atoms. The summed E-state index contributed by atoms with van der Waals surface area (Å²) < 4.78 is 11.3.